The van der Waals surface area contributed by atoms with E-state index in [1.165, 1.54) is 18.9 Å². The summed E-state index contributed by atoms with van der Waals surface area (Å²) in [4.78, 5) is 22.6. The highest BCUT2D eigenvalue weighted by molar-refractivity contribution is 5.87. The van der Waals surface area contributed by atoms with E-state index in [1.54, 1.807) is 25.6 Å². The van der Waals surface area contributed by atoms with Crippen LogP contribution in [0.2, 0.25) is 0 Å². The molecule has 41 heavy (non-hydrogen) atoms. The van der Waals surface area contributed by atoms with Crippen LogP contribution >= 0.6 is 0 Å². The first-order valence-electron chi connectivity index (χ1n) is 13.8. The SMILES string of the molecule is COc1ccc(CN2C3CC2CN(c2ncc(-c4nc(Nc5cc(C6CC6)[nH]n5)c5occc5n4)cc2F)C3)cn1. The van der Waals surface area contributed by atoms with Crippen molar-refractivity contribution in [3.63, 3.8) is 0 Å². The molecule has 3 saturated heterocycles. The van der Waals surface area contributed by atoms with Gasteiger partial charge in [-0.05, 0) is 30.9 Å². The van der Waals surface area contributed by atoms with Crippen LogP contribution in [0.1, 0.15) is 36.4 Å². The number of pyridine rings is 2. The Morgan fingerprint density at radius 3 is 2.73 bits per heavy atom. The smallest absolute Gasteiger partial charge is 0.212 e. The number of aromatic nitrogens is 6. The standard InChI is InChI=1S/C29H28FN9O2/c1-40-25-5-2-16(11-31-25)13-39-19-9-20(39)15-38(14-19)29-21(30)8-18(12-32-29)27-33-22-6-7-41-26(22)28(35-27)34-24-10-23(36-37-24)17-3-4-17/h2,5-8,10-12,17,19-20H,3-4,9,13-15H2,1H3,(H2,33,34,35,36,37). The Balaban J connectivity index is 0.998. The Morgan fingerprint density at radius 2 is 1.98 bits per heavy atom. The third-order valence-corrected chi connectivity index (χ3v) is 8.26. The summed E-state index contributed by atoms with van der Waals surface area (Å²) in [6.45, 7) is 2.27. The molecule has 5 aromatic heterocycles. The number of piperazine rings is 1. The van der Waals surface area contributed by atoms with Gasteiger partial charge in [-0.15, -0.1) is 0 Å². The largest absolute Gasteiger partial charge is 0.481 e. The monoisotopic (exact) mass is 553 g/mol. The van der Waals surface area contributed by atoms with Crippen molar-refractivity contribution in [1.82, 2.24) is 35.0 Å². The predicted octanol–water partition coefficient (Wildman–Crippen LogP) is 4.63. The first-order chi connectivity index (χ1) is 20.1. The summed E-state index contributed by atoms with van der Waals surface area (Å²) in [5, 5.41) is 10.7. The molecule has 2 N–H and O–H groups in total. The van der Waals surface area contributed by atoms with Crippen LogP contribution < -0.4 is 15.0 Å². The van der Waals surface area contributed by atoms with E-state index in [9.17, 15) is 0 Å². The number of anilines is 3. The zero-order valence-corrected chi connectivity index (χ0v) is 22.4. The molecule has 0 aromatic carbocycles. The number of nitrogens with zero attached hydrogens (tertiary/aromatic N) is 7. The van der Waals surface area contributed by atoms with Gasteiger partial charge in [-0.3, -0.25) is 10.00 Å². The number of furan rings is 1. The van der Waals surface area contributed by atoms with Crippen LogP contribution in [0.3, 0.4) is 0 Å². The van der Waals surface area contributed by atoms with E-state index in [-0.39, 0.29) is 5.82 Å². The highest BCUT2D eigenvalue weighted by atomic mass is 19.1. The quantitative estimate of drug-likeness (QED) is 0.281. The van der Waals surface area contributed by atoms with Gasteiger partial charge in [0.15, 0.2) is 34.7 Å². The van der Waals surface area contributed by atoms with Crippen LogP contribution in [0.15, 0.2) is 53.4 Å². The minimum atomic E-state index is -0.388. The molecule has 12 heteroatoms. The molecule has 5 aromatic rings. The maximum atomic E-state index is 15.5. The Morgan fingerprint density at radius 1 is 1.10 bits per heavy atom. The highest BCUT2D eigenvalue weighted by Crippen LogP contribution is 2.40. The number of methoxy groups -OCH3 is 1. The molecule has 208 valence electrons. The summed E-state index contributed by atoms with van der Waals surface area (Å²) in [6, 6.07) is 9.84. The molecule has 2 bridgehead atoms. The Kier molecular flexibility index (Phi) is 5.62. The molecule has 0 spiro atoms. The first kappa shape index (κ1) is 24.2. The summed E-state index contributed by atoms with van der Waals surface area (Å²) in [5.74, 6) is 2.61. The second-order valence-electron chi connectivity index (χ2n) is 11.0. The van der Waals surface area contributed by atoms with E-state index in [0.29, 0.717) is 63.8 Å². The van der Waals surface area contributed by atoms with Gasteiger partial charge in [0.25, 0.3) is 0 Å². The van der Waals surface area contributed by atoms with E-state index in [1.807, 2.05) is 29.3 Å². The second-order valence-corrected chi connectivity index (χ2v) is 11.0. The van der Waals surface area contributed by atoms with Gasteiger partial charge in [0, 0.05) is 79.5 Å². The molecule has 1 aliphatic carbocycles. The van der Waals surface area contributed by atoms with Crippen LogP contribution in [0, 0.1) is 5.82 Å². The second kappa shape index (κ2) is 9.51. The molecule has 2 atom stereocenters. The molecule has 3 aliphatic heterocycles. The van der Waals surface area contributed by atoms with Crippen LogP contribution in [0.5, 0.6) is 5.88 Å². The van der Waals surface area contributed by atoms with E-state index in [4.69, 9.17) is 9.15 Å². The molecule has 11 nitrogen and oxygen atoms in total. The Hall–Kier alpha value is -4.58. The number of hydrogen-bond donors (Lipinski definition) is 2. The van der Waals surface area contributed by atoms with Gasteiger partial charge in [0.2, 0.25) is 5.88 Å². The van der Waals surface area contributed by atoms with Crippen molar-refractivity contribution in [3.8, 4) is 17.3 Å². The first-order valence-corrected chi connectivity index (χ1v) is 13.8. The van der Waals surface area contributed by atoms with Gasteiger partial charge in [-0.1, -0.05) is 6.07 Å². The molecule has 9 rings (SSSR count). The topological polar surface area (TPSA) is 121 Å². The molecule has 0 radical (unpaired) electrons. The summed E-state index contributed by atoms with van der Waals surface area (Å²) in [6.07, 6.45) is 8.51. The molecular weight excluding hydrogens is 525 g/mol. The van der Waals surface area contributed by atoms with Crippen LogP contribution in [0.25, 0.3) is 22.5 Å². The van der Waals surface area contributed by atoms with Crippen LogP contribution in [0.4, 0.5) is 21.8 Å². The molecule has 1 saturated carbocycles. The maximum absolute atomic E-state index is 15.5. The fourth-order valence-corrected chi connectivity index (χ4v) is 5.94. The number of fused-ring (bicyclic) bond motifs is 3. The van der Waals surface area contributed by atoms with Gasteiger partial charge >= 0.3 is 0 Å². The average molecular weight is 554 g/mol. The van der Waals surface area contributed by atoms with Crippen LogP contribution in [-0.4, -0.2) is 67.3 Å². The van der Waals surface area contributed by atoms with Gasteiger partial charge in [0.05, 0.1) is 13.4 Å². The van der Waals surface area contributed by atoms with Crippen LogP contribution in [-0.2, 0) is 6.54 Å². The van der Waals surface area contributed by atoms with E-state index < -0.39 is 0 Å². The number of hydrogen-bond acceptors (Lipinski definition) is 10. The molecule has 2 unspecified atom stereocenters. The zero-order chi connectivity index (χ0) is 27.5. The fourth-order valence-electron chi connectivity index (χ4n) is 5.94. The van der Waals surface area contributed by atoms with Gasteiger partial charge in [0.1, 0.15) is 5.52 Å². The number of halogens is 1. The van der Waals surface area contributed by atoms with E-state index >= 15 is 4.39 Å². The van der Waals surface area contributed by atoms with E-state index in [2.05, 4.69) is 40.3 Å². The zero-order valence-electron chi connectivity index (χ0n) is 22.4. The number of piperidine rings is 1. The number of ether oxygens (including phenoxy) is 1. The van der Waals surface area contributed by atoms with Crippen molar-refractivity contribution in [2.24, 2.45) is 0 Å². The van der Waals surface area contributed by atoms with Gasteiger partial charge < -0.3 is 19.4 Å². The maximum Gasteiger partial charge on any atom is 0.212 e. The summed E-state index contributed by atoms with van der Waals surface area (Å²) >= 11 is 0. The molecule has 0 amide bonds. The average Bonchev–Trinajstić information content (AvgIpc) is 3.55. The molecule has 4 fully saturated rings. The van der Waals surface area contributed by atoms with Gasteiger partial charge in [-0.25, -0.2) is 24.3 Å². The van der Waals surface area contributed by atoms with Crippen molar-refractivity contribution >= 4 is 28.6 Å². The minimum absolute atomic E-state index is 0.347. The van der Waals surface area contributed by atoms with E-state index in [0.717, 1.165) is 37.3 Å². The van der Waals surface area contributed by atoms with Crippen molar-refractivity contribution in [2.45, 2.75) is 43.8 Å². The normalized spacial score (nSPS) is 20.3. The molecule has 4 aliphatic rings. The molecule has 8 heterocycles. The number of aromatic amines is 1. The van der Waals surface area contributed by atoms with Crippen molar-refractivity contribution < 1.29 is 13.5 Å². The lowest BCUT2D eigenvalue weighted by Crippen LogP contribution is -2.68. The minimum Gasteiger partial charge on any atom is -0.481 e. The summed E-state index contributed by atoms with van der Waals surface area (Å²) in [5.41, 5.74) is 3.87. The lowest BCUT2D eigenvalue weighted by Gasteiger charge is -2.56. The third-order valence-electron chi connectivity index (χ3n) is 8.26. The Labute approximate surface area is 234 Å². The lowest BCUT2D eigenvalue weighted by atomic mass is 9.87. The lowest BCUT2D eigenvalue weighted by molar-refractivity contribution is -0.00898. The fraction of sp³-hybridized carbons (Fsp3) is 0.345. The summed E-state index contributed by atoms with van der Waals surface area (Å²) in [7, 11) is 1.61. The van der Waals surface area contributed by atoms with Gasteiger partial charge in [-0.2, -0.15) is 5.10 Å². The molecular formula is C29H28FN9O2. The summed E-state index contributed by atoms with van der Waals surface area (Å²) < 4.78 is 26.3. The number of H-pyrrole nitrogens is 1. The highest BCUT2D eigenvalue weighted by Gasteiger charge is 2.45. The Bertz CT molecular complexity index is 1720. The third kappa shape index (κ3) is 4.44. The number of rotatable bonds is 8. The van der Waals surface area contributed by atoms with Crippen molar-refractivity contribution in [2.75, 3.05) is 30.4 Å². The van der Waals surface area contributed by atoms with Crippen molar-refractivity contribution in [3.05, 3.63) is 66.1 Å². The number of nitrogens with one attached hydrogen (secondary N) is 2. The predicted molar refractivity (Wildman–Crippen MR) is 150 cm³/mol. The van der Waals surface area contributed by atoms with Crippen molar-refractivity contribution in [1.29, 1.82) is 0 Å².